The molecule has 1 unspecified atom stereocenters. The zero-order valence-corrected chi connectivity index (χ0v) is 16.3. The summed E-state index contributed by atoms with van der Waals surface area (Å²) in [7, 11) is 0. The standard InChI is InChI=1S/C20H26N6O3/c27-20(24-14-16-15-28-17-4-1-2-5-18(17)29-16)23-8-9-25-10-12-26(13-11-25)19-21-6-3-7-22-19/h1-7,16H,8-15H2,(H2,23,24,27). The van der Waals surface area contributed by atoms with E-state index in [1.54, 1.807) is 12.4 Å². The summed E-state index contributed by atoms with van der Waals surface area (Å²) >= 11 is 0. The van der Waals surface area contributed by atoms with Crippen LogP contribution in [0.1, 0.15) is 0 Å². The van der Waals surface area contributed by atoms with Crippen LogP contribution in [0.4, 0.5) is 10.7 Å². The number of anilines is 1. The molecule has 0 bridgehead atoms. The van der Waals surface area contributed by atoms with Crippen molar-refractivity contribution in [2.75, 3.05) is 57.3 Å². The molecule has 29 heavy (non-hydrogen) atoms. The fourth-order valence-electron chi connectivity index (χ4n) is 3.39. The Balaban J connectivity index is 1.10. The average molecular weight is 398 g/mol. The number of rotatable bonds is 6. The lowest BCUT2D eigenvalue weighted by Crippen LogP contribution is -2.50. The van der Waals surface area contributed by atoms with Crippen molar-refractivity contribution < 1.29 is 14.3 Å². The van der Waals surface area contributed by atoms with Gasteiger partial charge in [-0.2, -0.15) is 0 Å². The Labute approximate surface area is 170 Å². The third-order valence-corrected chi connectivity index (χ3v) is 4.98. The van der Waals surface area contributed by atoms with Crippen molar-refractivity contribution in [3.63, 3.8) is 0 Å². The Morgan fingerprint density at radius 3 is 2.59 bits per heavy atom. The van der Waals surface area contributed by atoms with Crippen LogP contribution in [0.5, 0.6) is 11.5 Å². The molecule has 9 heteroatoms. The van der Waals surface area contributed by atoms with Crippen molar-refractivity contribution >= 4 is 12.0 Å². The molecule has 9 nitrogen and oxygen atoms in total. The number of urea groups is 1. The summed E-state index contributed by atoms with van der Waals surface area (Å²) in [6.45, 7) is 5.85. The van der Waals surface area contributed by atoms with E-state index in [1.807, 2.05) is 30.3 Å². The lowest BCUT2D eigenvalue weighted by Gasteiger charge is -2.34. The van der Waals surface area contributed by atoms with E-state index in [4.69, 9.17) is 9.47 Å². The Morgan fingerprint density at radius 2 is 1.79 bits per heavy atom. The molecule has 1 aromatic heterocycles. The first-order chi connectivity index (χ1) is 14.3. The maximum absolute atomic E-state index is 12.0. The number of hydrogen-bond acceptors (Lipinski definition) is 7. The van der Waals surface area contributed by atoms with E-state index >= 15 is 0 Å². The van der Waals surface area contributed by atoms with Crippen LogP contribution in [-0.2, 0) is 0 Å². The van der Waals surface area contributed by atoms with Gasteiger partial charge in [0.05, 0.1) is 6.54 Å². The van der Waals surface area contributed by atoms with E-state index in [2.05, 4.69) is 30.4 Å². The van der Waals surface area contributed by atoms with Crippen molar-refractivity contribution in [1.82, 2.24) is 25.5 Å². The number of carbonyl (C=O) groups excluding carboxylic acids is 1. The van der Waals surface area contributed by atoms with Gasteiger partial charge in [0, 0.05) is 51.7 Å². The van der Waals surface area contributed by atoms with Gasteiger partial charge in [0.2, 0.25) is 5.95 Å². The molecule has 1 fully saturated rings. The van der Waals surface area contributed by atoms with Gasteiger partial charge in [-0.05, 0) is 18.2 Å². The zero-order chi connectivity index (χ0) is 19.9. The lowest BCUT2D eigenvalue weighted by molar-refractivity contribution is 0.0918. The van der Waals surface area contributed by atoms with Crippen LogP contribution in [0.15, 0.2) is 42.7 Å². The van der Waals surface area contributed by atoms with Gasteiger partial charge in [0.15, 0.2) is 17.6 Å². The quantitative estimate of drug-likeness (QED) is 0.741. The molecule has 2 aromatic rings. The van der Waals surface area contributed by atoms with Crippen molar-refractivity contribution in [3.05, 3.63) is 42.7 Å². The number of aromatic nitrogens is 2. The van der Waals surface area contributed by atoms with Gasteiger partial charge in [-0.1, -0.05) is 12.1 Å². The van der Waals surface area contributed by atoms with E-state index in [9.17, 15) is 4.79 Å². The number of nitrogens with zero attached hydrogens (tertiary/aromatic N) is 4. The van der Waals surface area contributed by atoms with E-state index < -0.39 is 0 Å². The van der Waals surface area contributed by atoms with Gasteiger partial charge >= 0.3 is 6.03 Å². The number of fused-ring (bicyclic) bond motifs is 1. The zero-order valence-electron chi connectivity index (χ0n) is 16.3. The molecule has 0 spiro atoms. The van der Waals surface area contributed by atoms with Gasteiger partial charge in [0.1, 0.15) is 6.61 Å². The van der Waals surface area contributed by atoms with E-state index in [-0.39, 0.29) is 12.1 Å². The molecular formula is C20H26N6O3. The molecule has 0 aliphatic carbocycles. The van der Waals surface area contributed by atoms with Crippen LogP contribution >= 0.6 is 0 Å². The van der Waals surface area contributed by atoms with Crippen molar-refractivity contribution in [3.8, 4) is 11.5 Å². The first kappa shape index (κ1) is 19.3. The summed E-state index contributed by atoms with van der Waals surface area (Å²) in [5, 5.41) is 5.76. The Bertz CT molecular complexity index is 798. The molecule has 1 atom stereocenters. The average Bonchev–Trinajstić information content (AvgIpc) is 2.78. The number of nitrogens with one attached hydrogen (secondary N) is 2. The first-order valence-corrected chi connectivity index (χ1v) is 9.92. The first-order valence-electron chi connectivity index (χ1n) is 9.92. The molecule has 0 saturated carbocycles. The van der Waals surface area contributed by atoms with E-state index in [0.717, 1.165) is 44.4 Å². The van der Waals surface area contributed by atoms with Crippen LogP contribution < -0.4 is 25.0 Å². The number of benzene rings is 1. The van der Waals surface area contributed by atoms with Gasteiger partial charge < -0.3 is 25.0 Å². The molecule has 1 saturated heterocycles. The Hall–Kier alpha value is -3.07. The highest BCUT2D eigenvalue weighted by Gasteiger charge is 2.21. The van der Waals surface area contributed by atoms with E-state index in [1.165, 1.54) is 0 Å². The molecule has 1 aromatic carbocycles. The van der Waals surface area contributed by atoms with Gasteiger partial charge in [-0.3, -0.25) is 4.90 Å². The molecule has 2 aliphatic rings. The highest BCUT2D eigenvalue weighted by molar-refractivity contribution is 5.73. The SMILES string of the molecule is O=C(NCCN1CCN(c2ncccn2)CC1)NCC1COc2ccccc2O1. The minimum atomic E-state index is -0.191. The molecule has 154 valence electrons. The maximum Gasteiger partial charge on any atom is 0.314 e. The van der Waals surface area contributed by atoms with E-state index in [0.29, 0.717) is 25.4 Å². The fraction of sp³-hybridized carbons (Fsp3) is 0.450. The normalized spacial score (nSPS) is 18.9. The number of hydrogen-bond donors (Lipinski definition) is 2. The minimum Gasteiger partial charge on any atom is -0.486 e. The summed E-state index contributed by atoms with van der Waals surface area (Å²) in [5.41, 5.74) is 0. The molecule has 2 aliphatic heterocycles. The number of para-hydroxylation sites is 2. The molecular weight excluding hydrogens is 372 g/mol. The van der Waals surface area contributed by atoms with Crippen molar-refractivity contribution in [2.45, 2.75) is 6.10 Å². The monoisotopic (exact) mass is 398 g/mol. The topological polar surface area (TPSA) is 91.9 Å². The number of carbonyl (C=O) groups is 1. The number of amides is 2. The summed E-state index contributed by atoms with van der Waals surface area (Å²) in [5.74, 6) is 2.24. The fourth-order valence-corrected chi connectivity index (χ4v) is 3.39. The highest BCUT2D eigenvalue weighted by Crippen LogP contribution is 2.30. The van der Waals surface area contributed by atoms with Gasteiger partial charge in [0.25, 0.3) is 0 Å². The Kier molecular flexibility index (Phi) is 6.25. The lowest BCUT2D eigenvalue weighted by atomic mass is 10.2. The Morgan fingerprint density at radius 1 is 1.03 bits per heavy atom. The summed E-state index contributed by atoms with van der Waals surface area (Å²) in [4.78, 5) is 25.2. The van der Waals surface area contributed by atoms with Crippen LogP contribution in [0.2, 0.25) is 0 Å². The van der Waals surface area contributed by atoms with Crippen molar-refractivity contribution in [2.24, 2.45) is 0 Å². The van der Waals surface area contributed by atoms with Crippen molar-refractivity contribution in [1.29, 1.82) is 0 Å². The predicted octanol–water partition coefficient (Wildman–Crippen LogP) is 0.738. The van der Waals surface area contributed by atoms with Gasteiger partial charge in [-0.25, -0.2) is 14.8 Å². The third-order valence-electron chi connectivity index (χ3n) is 4.98. The highest BCUT2D eigenvalue weighted by atomic mass is 16.6. The molecule has 0 radical (unpaired) electrons. The molecule has 3 heterocycles. The second-order valence-corrected chi connectivity index (χ2v) is 7.01. The van der Waals surface area contributed by atoms with Crippen LogP contribution in [0.25, 0.3) is 0 Å². The number of ether oxygens (including phenoxy) is 2. The van der Waals surface area contributed by atoms with Crippen LogP contribution in [-0.4, -0.2) is 79.4 Å². The predicted molar refractivity (Wildman–Crippen MR) is 108 cm³/mol. The largest absolute Gasteiger partial charge is 0.486 e. The third kappa shape index (κ3) is 5.26. The second-order valence-electron chi connectivity index (χ2n) is 7.01. The maximum atomic E-state index is 12.0. The van der Waals surface area contributed by atoms with Crippen LogP contribution in [0, 0.1) is 0 Å². The number of piperazine rings is 1. The second kappa shape index (κ2) is 9.42. The van der Waals surface area contributed by atoms with Crippen LogP contribution in [0.3, 0.4) is 0 Å². The molecule has 2 N–H and O–H groups in total. The summed E-state index contributed by atoms with van der Waals surface area (Å²) in [6, 6.07) is 9.18. The summed E-state index contributed by atoms with van der Waals surface area (Å²) in [6.07, 6.45) is 3.34. The van der Waals surface area contributed by atoms with Gasteiger partial charge in [-0.15, -0.1) is 0 Å². The molecule has 4 rings (SSSR count). The summed E-state index contributed by atoms with van der Waals surface area (Å²) < 4.78 is 11.5. The molecule has 2 amide bonds. The minimum absolute atomic E-state index is 0.191. The smallest absolute Gasteiger partial charge is 0.314 e.